The maximum absolute atomic E-state index is 12.0. The fourth-order valence-electron chi connectivity index (χ4n) is 5.58. The van der Waals surface area contributed by atoms with Crippen LogP contribution in [0.5, 0.6) is 0 Å². The molecule has 10 heterocycles. The maximum Gasteiger partial charge on any atom is 0.419 e. The standard InChI is InChI=1S/C8H12N2.2C7H10N2.2C7H11NO.C6H5F3N2.2C6H8N2.C5H5FN2.C4H4F2N2O/c1-3-4-8-5-9-7(2)10-6-8;1-3-7-4-8-6(2)9-5-7;1-3-7-5-8-6(2)4-9-7;1-5(2)7-4-9-6(3)8-7;1-5(2)7-4-6(3)9-8-7;1-4-10-2-5(3-11-4)6(7,8)9;1-5-3-8-6(2)4-7-5;1-5-3-7-6(2)8-4-5;1-4-7-2-5(6)3-8-4;1-2-7-4(3(5)6)8-9-2/h5-6H,3-4H2,1-2H3;2*4-5H,3H2,1-2H3;2*4-5H,1-3H3;2-3H,1H3;2*3-4H,1-2H3;2-3H,1H3;3H,1H3. The molecule has 0 amide bonds. The maximum atomic E-state index is 12.0. The molecule has 0 aromatic carbocycles. The van der Waals surface area contributed by atoms with Gasteiger partial charge >= 0.3 is 12.6 Å². The summed E-state index contributed by atoms with van der Waals surface area (Å²) in [4.78, 5) is 61.9. The Hall–Kier alpha value is -9.30. The van der Waals surface area contributed by atoms with Crippen LogP contribution >= 0.6 is 0 Å². The molecule has 10 rings (SSSR count). The largest absolute Gasteiger partial charge is 0.449 e. The van der Waals surface area contributed by atoms with E-state index in [0.29, 0.717) is 23.5 Å². The van der Waals surface area contributed by atoms with Crippen molar-refractivity contribution in [1.29, 1.82) is 0 Å². The lowest BCUT2D eigenvalue weighted by molar-refractivity contribution is -0.138. The van der Waals surface area contributed by atoms with E-state index in [1.54, 1.807) is 31.8 Å². The third-order valence-corrected chi connectivity index (χ3v) is 10.7. The topological polar surface area (TPSA) is 271 Å². The van der Waals surface area contributed by atoms with E-state index in [1.807, 2.05) is 112 Å². The first-order chi connectivity index (χ1) is 42.4. The lowest BCUT2D eigenvalue weighted by Gasteiger charge is -2.03. The number of rotatable bonds is 7. The highest BCUT2D eigenvalue weighted by molar-refractivity contribution is 5.10. The van der Waals surface area contributed by atoms with Crippen LogP contribution < -0.4 is 0 Å². The second kappa shape index (κ2) is 43.4. The highest BCUT2D eigenvalue weighted by Gasteiger charge is 2.31. The van der Waals surface area contributed by atoms with E-state index >= 15 is 0 Å². The van der Waals surface area contributed by atoms with Crippen molar-refractivity contribution in [2.24, 2.45) is 0 Å². The van der Waals surface area contributed by atoms with E-state index in [-0.39, 0.29) is 5.89 Å². The summed E-state index contributed by atoms with van der Waals surface area (Å²) in [5.41, 5.74) is 8.76. The molecule has 0 unspecified atom stereocenters. The zero-order valence-corrected chi connectivity index (χ0v) is 54.8. The highest BCUT2D eigenvalue weighted by atomic mass is 19.4. The van der Waals surface area contributed by atoms with Crippen molar-refractivity contribution in [2.45, 2.75) is 182 Å². The molecule has 0 bridgehead atoms. The second-order valence-electron chi connectivity index (χ2n) is 19.9. The molecule has 0 saturated carbocycles. The average Bonchev–Trinajstić information content (AvgIpc) is 4.52. The number of aromatic nitrogens is 18. The Balaban J connectivity index is 0.000000501. The van der Waals surface area contributed by atoms with Gasteiger partial charge < -0.3 is 13.5 Å². The number of hydrogen-bond donors (Lipinski definition) is 0. The lowest BCUT2D eigenvalue weighted by Crippen LogP contribution is -2.06. The number of alkyl halides is 5. The van der Waals surface area contributed by atoms with Gasteiger partial charge in [-0.15, -0.1) is 0 Å². The van der Waals surface area contributed by atoms with Crippen molar-refractivity contribution in [3.63, 3.8) is 0 Å². The third kappa shape index (κ3) is 37.4. The normalized spacial score (nSPS) is 10.1. The van der Waals surface area contributed by atoms with Gasteiger partial charge in [-0.1, -0.05) is 65.2 Å². The minimum atomic E-state index is -4.34. The molecule has 0 radical (unpaired) electrons. The van der Waals surface area contributed by atoms with Gasteiger partial charge in [-0.2, -0.15) is 18.2 Å². The number of aryl methyl sites for hydroxylation is 15. The molecule has 0 saturated heterocycles. The molecule has 0 aliphatic carbocycles. The van der Waals surface area contributed by atoms with Gasteiger partial charge in [0.15, 0.2) is 11.7 Å². The number of nitrogens with zero attached hydrogens (tertiary/aromatic N) is 18. The molecular weight excluding hydrogens is 1170 g/mol. The van der Waals surface area contributed by atoms with E-state index in [4.69, 9.17) is 8.94 Å². The summed E-state index contributed by atoms with van der Waals surface area (Å²) < 4.78 is 84.8. The predicted molar refractivity (Wildman–Crippen MR) is 329 cm³/mol. The van der Waals surface area contributed by atoms with Crippen LogP contribution in [0.2, 0.25) is 0 Å². The van der Waals surface area contributed by atoms with Crippen LogP contribution in [0.25, 0.3) is 0 Å². The molecule has 0 aliphatic heterocycles. The van der Waals surface area contributed by atoms with E-state index in [2.05, 4.69) is 143 Å². The van der Waals surface area contributed by atoms with Crippen molar-refractivity contribution < 1.29 is 39.8 Å². The van der Waals surface area contributed by atoms with E-state index < -0.39 is 29.8 Å². The number of oxazole rings is 1. The monoisotopic (exact) mass is 1250 g/mol. The summed E-state index contributed by atoms with van der Waals surface area (Å²) in [5.74, 6) is 5.24. The molecule has 10 aromatic rings. The van der Waals surface area contributed by atoms with Gasteiger partial charge in [-0.05, 0) is 117 Å². The Labute approximate surface area is 523 Å². The Morgan fingerprint density at radius 1 is 0.444 bits per heavy atom. The number of halogens is 6. The van der Waals surface area contributed by atoms with E-state index in [9.17, 15) is 26.3 Å². The molecule has 0 fully saturated rings. The van der Waals surface area contributed by atoms with Crippen LogP contribution in [-0.4, -0.2) is 90.1 Å². The van der Waals surface area contributed by atoms with Crippen molar-refractivity contribution >= 4 is 0 Å². The van der Waals surface area contributed by atoms with Gasteiger partial charge in [0.05, 0.1) is 52.1 Å². The van der Waals surface area contributed by atoms with Gasteiger partial charge in [-0.3, -0.25) is 19.9 Å². The van der Waals surface area contributed by atoms with E-state index in [1.165, 1.54) is 25.0 Å². The molecular formula is C63H84F6N18O3. The predicted octanol–water partition coefficient (Wildman–Crippen LogP) is 14.9. The van der Waals surface area contributed by atoms with Gasteiger partial charge in [0.25, 0.3) is 0 Å². The smallest absolute Gasteiger partial charge is 0.419 e. The van der Waals surface area contributed by atoms with Gasteiger partial charge in [0.1, 0.15) is 41.1 Å². The van der Waals surface area contributed by atoms with Gasteiger partial charge in [-0.25, -0.2) is 68.0 Å². The molecule has 90 heavy (non-hydrogen) atoms. The second-order valence-corrected chi connectivity index (χ2v) is 19.9. The molecule has 0 N–H and O–H groups in total. The first-order valence-electron chi connectivity index (χ1n) is 28.5. The van der Waals surface area contributed by atoms with Gasteiger partial charge in [0.2, 0.25) is 11.7 Å². The average molecular weight is 1260 g/mol. The fourth-order valence-corrected chi connectivity index (χ4v) is 5.58. The Bertz CT molecular complexity index is 3090. The quantitative estimate of drug-likeness (QED) is 0.134. The summed E-state index contributed by atoms with van der Waals surface area (Å²) in [5, 5.41) is 6.82. The molecule has 27 heteroatoms. The zero-order chi connectivity index (χ0) is 67.8. The molecule has 21 nitrogen and oxygen atoms in total. The van der Waals surface area contributed by atoms with Crippen LogP contribution in [0.1, 0.15) is 182 Å². The summed E-state index contributed by atoms with van der Waals surface area (Å²) >= 11 is 0. The summed E-state index contributed by atoms with van der Waals surface area (Å²) in [6.45, 7) is 36.6. The molecule has 0 aliphatic rings. The van der Waals surface area contributed by atoms with Gasteiger partial charge in [0, 0.05) is 94.3 Å². The first kappa shape index (κ1) is 78.7. The fraction of sp³-hybridized carbons (Fsp3) is 0.429. The summed E-state index contributed by atoms with van der Waals surface area (Å²) in [7, 11) is 0. The third-order valence-electron chi connectivity index (χ3n) is 10.7. The van der Waals surface area contributed by atoms with Crippen LogP contribution in [0, 0.1) is 88.9 Å². The van der Waals surface area contributed by atoms with Crippen molar-refractivity contribution in [2.75, 3.05) is 0 Å². The molecule has 0 spiro atoms. The molecule has 486 valence electrons. The lowest BCUT2D eigenvalue weighted by atomic mass is 10.1. The first-order valence-corrected chi connectivity index (χ1v) is 28.5. The van der Waals surface area contributed by atoms with Crippen LogP contribution in [-0.2, 0) is 25.4 Å². The molecule has 0 atom stereocenters. The zero-order valence-electron chi connectivity index (χ0n) is 54.8. The number of hydrogen-bond acceptors (Lipinski definition) is 21. The summed E-state index contributed by atoms with van der Waals surface area (Å²) in [6, 6.07) is 1.96. The minimum absolute atomic E-state index is 0.158. The Kier molecular flexibility index (Phi) is 37.9. The molecule has 10 aromatic heterocycles. The summed E-state index contributed by atoms with van der Waals surface area (Å²) in [6.07, 6.45) is 21.0. The highest BCUT2D eigenvalue weighted by Crippen LogP contribution is 2.27. The van der Waals surface area contributed by atoms with Crippen LogP contribution in [0.3, 0.4) is 0 Å². The van der Waals surface area contributed by atoms with Crippen LogP contribution in [0.4, 0.5) is 26.3 Å². The Morgan fingerprint density at radius 2 is 0.878 bits per heavy atom. The van der Waals surface area contributed by atoms with Crippen LogP contribution in [0.15, 0.2) is 113 Å². The van der Waals surface area contributed by atoms with Crippen molar-refractivity contribution in [1.82, 2.24) is 90.1 Å². The van der Waals surface area contributed by atoms with Crippen molar-refractivity contribution in [3.8, 4) is 0 Å². The SMILES string of the molecule is CCCc1cnc(C)nc1.CCc1cnc(C)cn1.CCc1cnc(C)nc1.Cc1cc(C(C)C)no1.Cc1cnc(C)cn1.Cc1cnc(C)nc1.Cc1nc(C(C)C)co1.Cc1nc(C(F)F)no1.Cc1ncc(C(F)(F)F)cn1.Cc1ncc(F)cn1. The Morgan fingerprint density at radius 3 is 1.16 bits per heavy atom. The van der Waals surface area contributed by atoms with E-state index in [0.717, 1.165) is 119 Å². The van der Waals surface area contributed by atoms with Crippen molar-refractivity contribution in [3.05, 3.63) is 214 Å². The minimum Gasteiger partial charge on any atom is -0.449 e.